The number of nitrogens with zero attached hydrogens (tertiary/aromatic N) is 1. The first-order valence-electron chi connectivity index (χ1n) is 9.94. The third-order valence-corrected chi connectivity index (χ3v) is 5.67. The molecule has 156 valence electrons. The number of benzene rings is 3. The number of halogens is 1. The topological polar surface area (TPSA) is 48.0 Å². The summed E-state index contributed by atoms with van der Waals surface area (Å²) in [7, 11) is 1.62. The van der Waals surface area contributed by atoms with Gasteiger partial charge < -0.3 is 14.2 Å². The molecule has 5 nitrogen and oxygen atoms in total. The lowest BCUT2D eigenvalue weighted by Gasteiger charge is -2.29. The predicted molar refractivity (Wildman–Crippen MR) is 119 cm³/mol. The van der Waals surface area contributed by atoms with Gasteiger partial charge in [0.25, 0.3) is 0 Å². The number of allylic oxidation sites excluding steroid dienone is 1. The standard InChI is InChI=1S/C25H20ClNO4/c1-29-19-8-4-16(5-9-19)12-23-24(28)20-10-11-22-21(25(20)31-23)14-27(15-30-22)13-17-2-6-18(26)7-3-17/h2-12H,13-15H2,1H3/b23-12-. The molecule has 0 saturated heterocycles. The van der Waals surface area contributed by atoms with Crippen LogP contribution in [0, 0.1) is 0 Å². The van der Waals surface area contributed by atoms with Crippen molar-refractivity contribution in [2.45, 2.75) is 13.1 Å². The number of ether oxygens (including phenoxy) is 3. The fourth-order valence-electron chi connectivity index (χ4n) is 3.81. The summed E-state index contributed by atoms with van der Waals surface area (Å²) in [5.41, 5.74) is 3.46. The molecule has 0 unspecified atom stereocenters. The van der Waals surface area contributed by atoms with E-state index in [0.717, 1.165) is 28.2 Å². The monoisotopic (exact) mass is 433 g/mol. The molecule has 0 N–H and O–H groups in total. The molecule has 2 aliphatic heterocycles. The number of Topliss-reactive ketones (excluding diaryl/α,β-unsaturated/α-hetero) is 1. The van der Waals surface area contributed by atoms with E-state index in [1.54, 1.807) is 19.3 Å². The second-order valence-corrected chi connectivity index (χ2v) is 7.96. The van der Waals surface area contributed by atoms with Crippen LogP contribution in [0.15, 0.2) is 66.4 Å². The molecular formula is C25H20ClNO4. The van der Waals surface area contributed by atoms with Crippen molar-refractivity contribution in [3.8, 4) is 17.2 Å². The molecule has 6 heteroatoms. The molecule has 3 aromatic rings. The van der Waals surface area contributed by atoms with Crippen LogP contribution in [0.25, 0.3) is 6.08 Å². The molecule has 31 heavy (non-hydrogen) atoms. The number of fused-ring (bicyclic) bond motifs is 3. The van der Waals surface area contributed by atoms with Crippen LogP contribution in [-0.4, -0.2) is 24.5 Å². The minimum atomic E-state index is -0.122. The van der Waals surface area contributed by atoms with Gasteiger partial charge in [-0.25, -0.2) is 0 Å². The van der Waals surface area contributed by atoms with Gasteiger partial charge >= 0.3 is 0 Å². The van der Waals surface area contributed by atoms with E-state index >= 15 is 0 Å². The molecule has 5 rings (SSSR count). The molecule has 0 bridgehead atoms. The first kappa shape index (κ1) is 19.7. The average molecular weight is 434 g/mol. The first-order chi connectivity index (χ1) is 15.1. The highest BCUT2D eigenvalue weighted by atomic mass is 35.5. The summed E-state index contributed by atoms with van der Waals surface area (Å²) in [6.45, 7) is 1.81. The van der Waals surface area contributed by atoms with Crippen LogP contribution in [0.2, 0.25) is 5.02 Å². The van der Waals surface area contributed by atoms with Gasteiger partial charge in [0.15, 0.2) is 5.76 Å². The third-order valence-electron chi connectivity index (χ3n) is 5.42. The minimum absolute atomic E-state index is 0.122. The Balaban J connectivity index is 1.40. The largest absolute Gasteiger partial charge is 0.497 e. The van der Waals surface area contributed by atoms with Crippen molar-refractivity contribution in [2.24, 2.45) is 0 Å². The summed E-state index contributed by atoms with van der Waals surface area (Å²) in [4.78, 5) is 15.1. The quantitative estimate of drug-likeness (QED) is 0.521. The van der Waals surface area contributed by atoms with Gasteiger partial charge in [-0.3, -0.25) is 9.69 Å². The number of hydrogen-bond donors (Lipinski definition) is 0. The maximum absolute atomic E-state index is 12.9. The lowest BCUT2D eigenvalue weighted by atomic mass is 10.0. The van der Waals surface area contributed by atoms with Crippen molar-refractivity contribution in [1.29, 1.82) is 0 Å². The van der Waals surface area contributed by atoms with E-state index in [1.807, 2.05) is 54.6 Å². The van der Waals surface area contributed by atoms with Crippen LogP contribution in [0.4, 0.5) is 0 Å². The molecule has 0 atom stereocenters. The number of carbonyl (C=O) groups excluding carboxylic acids is 1. The number of ketones is 1. The summed E-state index contributed by atoms with van der Waals surface area (Å²) >= 11 is 5.99. The fraction of sp³-hybridized carbons (Fsp3) is 0.160. The fourth-order valence-corrected chi connectivity index (χ4v) is 3.93. The molecule has 0 radical (unpaired) electrons. The van der Waals surface area contributed by atoms with Gasteiger partial charge in [0, 0.05) is 18.1 Å². The van der Waals surface area contributed by atoms with Crippen LogP contribution in [-0.2, 0) is 13.1 Å². The molecule has 0 saturated carbocycles. The first-order valence-corrected chi connectivity index (χ1v) is 10.3. The maximum Gasteiger partial charge on any atom is 0.231 e. The van der Waals surface area contributed by atoms with E-state index in [1.165, 1.54) is 0 Å². The SMILES string of the molecule is COc1ccc(/C=C2\Oc3c(ccc4c3CN(Cc3ccc(Cl)cc3)CO4)C2=O)cc1. The lowest BCUT2D eigenvalue weighted by molar-refractivity contribution is 0.0873. The van der Waals surface area contributed by atoms with Crippen LogP contribution in [0.5, 0.6) is 17.2 Å². The highest BCUT2D eigenvalue weighted by Crippen LogP contribution is 2.42. The molecule has 0 fully saturated rings. The Morgan fingerprint density at radius 3 is 2.58 bits per heavy atom. The van der Waals surface area contributed by atoms with Crippen LogP contribution in [0.1, 0.15) is 27.0 Å². The zero-order valence-electron chi connectivity index (χ0n) is 16.9. The number of methoxy groups -OCH3 is 1. The zero-order valence-corrected chi connectivity index (χ0v) is 17.7. The summed E-state index contributed by atoms with van der Waals surface area (Å²) in [6, 6.07) is 18.9. The smallest absolute Gasteiger partial charge is 0.231 e. The van der Waals surface area contributed by atoms with Gasteiger partial charge in [0.1, 0.15) is 24.0 Å². The van der Waals surface area contributed by atoms with E-state index in [2.05, 4.69) is 4.90 Å². The van der Waals surface area contributed by atoms with Gasteiger partial charge in [-0.2, -0.15) is 0 Å². The Morgan fingerprint density at radius 2 is 1.84 bits per heavy atom. The number of carbonyl (C=O) groups is 1. The molecule has 0 aliphatic carbocycles. The van der Waals surface area contributed by atoms with Crippen LogP contribution < -0.4 is 14.2 Å². The molecule has 2 aliphatic rings. The van der Waals surface area contributed by atoms with E-state index in [4.69, 9.17) is 25.8 Å². The summed E-state index contributed by atoms with van der Waals surface area (Å²) in [5.74, 6) is 2.29. The Hall–Kier alpha value is -3.28. The Morgan fingerprint density at radius 1 is 1.06 bits per heavy atom. The van der Waals surface area contributed by atoms with Crippen molar-refractivity contribution in [2.75, 3.05) is 13.8 Å². The van der Waals surface area contributed by atoms with Gasteiger partial charge in [-0.15, -0.1) is 0 Å². The zero-order chi connectivity index (χ0) is 21.4. The third kappa shape index (κ3) is 3.90. The van der Waals surface area contributed by atoms with E-state index in [9.17, 15) is 4.79 Å². The second-order valence-electron chi connectivity index (χ2n) is 7.52. The van der Waals surface area contributed by atoms with Crippen molar-refractivity contribution in [1.82, 2.24) is 4.90 Å². The molecule has 0 amide bonds. The minimum Gasteiger partial charge on any atom is -0.497 e. The maximum atomic E-state index is 12.9. The van der Waals surface area contributed by atoms with Gasteiger partial charge in [-0.1, -0.05) is 35.9 Å². The summed E-state index contributed by atoms with van der Waals surface area (Å²) in [6.07, 6.45) is 1.75. The number of hydrogen-bond acceptors (Lipinski definition) is 5. The molecule has 3 aromatic carbocycles. The lowest BCUT2D eigenvalue weighted by Crippen LogP contribution is -2.31. The number of rotatable bonds is 4. The van der Waals surface area contributed by atoms with Gasteiger partial charge in [-0.05, 0) is 53.6 Å². The van der Waals surface area contributed by atoms with E-state index < -0.39 is 0 Å². The Kier molecular flexibility index (Phi) is 5.14. The van der Waals surface area contributed by atoms with Gasteiger partial charge in [0.2, 0.25) is 5.78 Å². The second kappa shape index (κ2) is 8.10. The van der Waals surface area contributed by atoms with E-state index in [0.29, 0.717) is 41.9 Å². The average Bonchev–Trinajstić information content (AvgIpc) is 3.11. The van der Waals surface area contributed by atoms with Crippen molar-refractivity contribution in [3.63, 3.8) is 0 Å². The summed E-state index contributed by atoms with van der Waals surface area (Å²) < 4.78 is 17.2. The highest BCUT2D eigenvalue weighted by molar-refractivity contribution is 6.30. The molecule has 2 heterocycles. The normalized spacial score (nSPS) is 16.5. The van der Waals surface area contributed by atoms with Crippen molar-refractivity contribution in [3.05, 3.63) is 93.7 Å². The van der Waals surface area contributed by atoms with Crippen LogP contribution >= 0.6 is 11.6 Å². The highest BCUT2D eigenvalue weighted by Gasteiger charge is 2.33. The van der Waals surface area contributed by atoms with Crippen molar-refractivity contribution >= 4 is 23.5 Å². The van der Waals surface area contributed by atoms with Crippen LogP contribution in [0.3, 0.4) is 0 Å². The molecule has 0 aromatic heterocycles. The van der Waals surface area contributed by atoms with Crippen molar-refractivity contribution < 1.29 is 19.0 Å². The molecule has 0 spiro atoms. The summed E-state index contributed by atoms with van der Waals surface area (Å²) in [5, 5.41) is 0.713. The van der Waals surface area contributed by atoms with E-state index in [-0.39, 0.29) is 5.78 Å². The van der Waals surface area contributed by atoms with Gasteiger partial charge in [0.05, 0.1) is 18.2 Å². The predicted octanol–water partition coefficient (Wildman–Crippen LogP) is 5.32. The Bertz CT molecular complexity index is 1170. The molecular weight excluding hydrogens is 414 g/mol. The Labute approximate surface area is 185 Å².